The molecule has 1 aromatic heterocycles. The number of hydrogen-bond acceptors (Lipinski definition) is 4. The smallest absolute Gasteiger partial charge is 0.253 e. The Morgan fingerprint density at radius 1 is 1.47 bits per heavy atom. The number of ether oxygens (including phenoxy) is 2. The van der Waals surface area contributed by atoms with Crippen LogP contribution in [-0.4, -0.2) is 30.8 Å². The number of nitrogens with one attached hydrogen (secondary N) is 1. The van der Waals surface area contributed by atoms with Crippen molar-refractivity contribution in [3.05, 3.63) is 17.7 Å². The molecule has 6 heteroatoms. The largest absolute Gasteiger partial charge is 0.467 e. The lowest BCUT2D eigenvalue weighted by atomic mass is 10.3. The van der Waals surface area contributed by atoms with Crippen molar-refractivity contribution in [1.29, 1.82) is 0 Å². The molecule has 1 aromatic rings. The van der Waals surface area contributed by atoms with Crippen molar-refractivity contribution in [1.82, 2.24) is 4.98 Å². The molecule has 1 fully saturated rings. The number of halogens is 2. The van der Waals surface area contributed by atoms with Crippen molar-refractivity contribution in [2.24, 2.45) is 0 Å². The third-order valence-corrected chi connectivity index (χ3v) is 2.33. The Bertz CT molecular complexity index is 397. The molecule has 17 heavy (non-hydrogen) atoms. The highest BCUT2D eigenvalue weighted by Gasteiger charge is 2.23. The van der Waals surface area contributed by atoms with Crippen molar-refractivity contribution in [3.8, 4) is 5.88 Å². The summed E-state index contributed by atoms with van der Waals surface area (Å²) in [6.07, 6.45) is 0.631. The quantitative estimate of drug-likeness (QED) is 0.859. The second kappa shape index (κ2) is 5.27. The van der Waals surface area contributed by atoms with E-state index in [2.05, 4.69) is 10.3 Å². The van der Waals surface area contributed by atoms with Gasteiger partial charge in [0.1, 0.15) is 6.10 Å². The summed E-state index contributed by atoms with van der Waals surface area (Å²) >= 11 is 0. The summed E-state index contributed by atoms with van der Waals surface area (Å²) in [5.41, 5.74) is 0. The Morgan fingerprint density at radius 3 is 2.82 bits per heavy atom. The van der Waals surface area contributed by atoms with Crippen LogP contribution in [0.3, 0.4) is 0 Å². The van der Waals surface area contributed by atoms with Gasteiger partial charge in [0.05, 0.1) is 13.2 Å². The number of hydrogen-bond donors (Lipinski definition) is 1. The predicted molar refractivity (Wildman–Crippen MR) is 58.2 cm³/mol. The Morgan fingerprint density at radius 2 is 2.24 bits per heavy atom. The molecule has 1 aliphatic rings. The van der Waals surface area contributed by atoms with Crippen LogP contribution >= 0.6 is 0 Å². The van der Waals surface area contributed by atoms with Gasteiger partial charge < -0.3 is 14.8 Å². The maximum Gasteiger partial charge on any atom is 0.253 e. The molecular weight excluding hydrogens is 230 g/mol. The first-order chi connectivity index (χ1) is 8.20. The van der Waals surface area contributed by atoms with E-state index in [9.17, 15) is 8.78 Å². The first kappa shape index (κ1) is 12.0. The Kier molecular flexibility index (Phi) is 3.73. The van der Waals surface area contributed by atoms with Crippen LogP contribution in [0, 0.1) is 11.6 Å². The van der Waals surface area contributed by atoms with E-state index in [0.717, 1.165) is 12.5 Å². The van der Waals surface area contributed by atoms with Crippen molar-refractivity contribution >= 4 is 5.82 Å². The van der Waals surface area contributed by atoms with Gasteiger partial charge in [-0.25, -0.2) is 8.78 Å². The first-order valence-corrected chi connectivity index (χ1v) is 5.55. The molecule has 1 saturated heterocycles. The maximum absolute atomic E-state index is 13.4. The molecular formula is C11H14F2N2O2. The zero-order valence-electron chi connectivity index (χ0n) is 9.50. The predicted octanol–water partition coefficient (Wildman–Crippen LogP) is 1.96. The van der Waals surface area contributed by atoms with Crippen LogP contribution in [0.5, 0.6) is 5.88 Å². The maximum atomic E-state index is 13.4. The lowest BCUT2D eigenvalue weighted by Crippen LogP contribution is -2.39. The van der Waals surface area contributed by atoms with E-state index in [-0.39, 0.29) is 17.8 Å². The molecule has 2 heterocycles. The van der Waals surface area contributed by atoms with Crippen molar-refractivity contribution in [3.63, 3.8) is 0 Å². The molecule has 1 aliphatic heterocycles. The highest BCUT2D eigenvalue weighted by Crippen LogP contribution is 2.23. The lowest BCUT2D eigenvalue weighted by Gasteiger charge is -2.26. The number of anilines is 1. The fraction of sp³-hybridized carbons (Fsp3) is 0.545. The number of rotatable bonds is 5. The van der Waals surface area contributed by atoms with Crippen LogP contribution in [0.1, 0.15) is 13.3 Å². The first-order valence-electron chi connectivity index (χ1n) is 5.55. The van der Waals surface area contributed by atoms with Crippen molar-refractivity contribution < 1.29 is 18.3 Å². The van der Waals surface area contributed by atoms with Crippen molar-refractivity contribution in [2.75, 3.05) is 25.1 Å². The second-order valence-corrected chi connectivity index (χ2v) is 3.81. The minimum Gasteiger partial charge on any atom is -0.467 e. The summed E-state index contributed by atoms with van der Waals surface area (Å²) in [6.45, 7) is 3.34. The molecule has 4 nitrogen and oxygen atoms in total. The van der Waals surface area contributed by atoms with Crippen LogP contribution in [0.15, 0.2) is 6.07 Å². The topological polar surface area (TPSA) is 43.4 Å². The van der Waals surface area contributed by atoms with E-state index in [1.165, 1.54) is 0 Å². The van der Waals surface area contributed by atoms with Crippen molar-refractivity contribution in [2.45, 2.75) is 19.4 Å². The molecule has 1 N–H and O–H groups in total. The van der Waals surface area contributed by atoms with Crippen LogP contribution in [0.2, 0.25) is 0 Å². The van der Waals surface area contributed by atoms with Gasteiger partial charge in [-0.05, 0) is 6.42 Å². The molecule has 0 spiro atoms. The molecule has 0 unspecified atom stereocenters. The fourth-order valence-electron chi connectivity index (χ4n) is 1.34. The molecule has 0 bridgehead atoms. The summed E-state index contributed by atoms with van der Waals surface area (Å²) in [4.78, 5) is 3.79. The normalized spacial score (nSPS) is 15.5. The van der Waals surface area contributed by atoms with E-state index in [4.69, 9.17) is 9.47 Å². The van der Waals surface area contributed by atoms with Crippen LogP contribution in [-0.2, 0) is 4.74 Å². The Labute approximate surface area is 97.9 Å². The van der Waals surface area contributed by atoms with Gasteiger partial charge in [-0.15, -0.1) is 0 Å². The molecule has 0 radical (unpaired) electrons. The average molecular weight is 244 g/mol. The highest BCUT2D eigenvalue weighted by molar-refractivity contribution is 5.39. The Hall–Kier alpha value is -1.43. The molecule has 0 saturated carbocycles. The summed E-state index contributed by atoms with van der Waals surface area (Å²) in [6, 6.07) is 0.778. The van der Waals surface area contributed by atoms with E-state index in [1.54, 1.807) is 0 Å². The van der Waals surface area contributed by atoms with Gasteiger partial charge in [-0.2, -0.15) is 4.98 Å². The SMILES string of the molecule is CCCNc1nc(OC2COC2)c(F)cc1F. The molecule has 94 valence electrons. The summed E-state index contributed by atoms with van der Waals surface area (Å²) in [7, 11) is 0. The van der Waals surface area contributed by atoms with E-state index in [1.807, 2.05) is 6.92 Å². The van der Waals surface area contributed by atoms with Crippen LogP contribution in [0.25, 0.3) is 0 Å². The zero-order valence-corrected chi connectivity index (χ0v) is 9.50. The summed E-state index contributed by atoms with van der Waals surface area (Å²) in [5, 5.41) is 2.78. The molecule has 0 aromatic carbocycles. The van der Waals surface area contributed by atoms with Crippen LogP contribution < -0.4 is 10.1 Å². The average Bonchev–Trinajstić information content (AvgIpc) is 2.24. The number of aromatic nitrogens is 1. The highest BCUT2D eigenvalue weighted by atomic mass is 19.1. The van der Waals surface area contributed by atoms with Gasteiger partial charge in [0, 0.05) is 12.6 Å². The van der Waals surface area contributed by atoms with E-state index in [0.29, 0.717) is 19.8 Å². The van der Waals surface area contributed by atoms with Gasteiger partial charge in [0.15, 0.2) is 17.5 Å². The molecule has 0 amide bonds. The van der Waals surface area contributed by atoms with Gasteiger partial charge >= 0.3 is 0 Å². The molecule has 0 aliphatic carbocycles. The fourth-order valence-corrected chi connectivity index (χ4v) is 1.34. The molecule has 2 rings (SSSR count). The lowest BCUT2D eigenvalue weighted by molar-refractivity contribution is -0.0826. The van der Waals surface area contributed by atoms with E-state index >= 15 is 0 Å². The van der Waals surface area contributed by atoms with Gasteiger partial charge in [-0.1, -0.05) is 6.92 Å². The zero-order chi connectivity index (χ0) is 12.3. The van der Waals surface area contributed by atoms with Gasteiger partial charge in [-0.3, -0.25) is 0 Å². The minimum atomic E-state index is -0.795. The summed E-state index contributed by atoms with van der Waals surface area (Å²) in [5.74, 6) is -1.67. The van der Waals surface area contributed by atoms with E-state index < -0.39 is 11.6 Å². The third-order valence-electron chi connectivity index (χ3n) is 2.33. The standard InChI is InChI=1S/C11H14F2N2O2/c1-2-3-14-10-8(12)4-9(13)11(15-10)17-7-5-16-6-7/h4,7H,2-3,5-6H2,1H3,(H,14,15). The van der Waals surface area contributed by atoms with Gasteiger partial charge in [0.25, 0.3) is 5.88 Å². The monoisotopic (exact) mass is 244 g/mol. The molecule has 0 atom stereocenters. The minimum absolute atomic E-state index is 0.0171. The van der Waals surface area contributed by atoms with Crippen LogP contribution in [0.4, 0.5) is 14.6 Å². The number of nitrogens with zero attached hydrogens (tertiary/aromatic N) is 1. The number of pyridine rings is 1. The third kappa shape index (κ3) is 2.82. The summed E-state index contributed by atoms with van der Waals surface area (Å²) < 4.78 is 36.9. The Balaban J connectivity index is 2.12. The second-order valence-electron chi connectivity index (χ2n) is 3.81. The van der Waals surface area contributed by atoms with Gasteiger partial charge in [0.2, 0.25) is 0 Å².